The molecule has 2 aromatic carbocycles. The monoisotopic (exact) mass is 558 g/mol. The summed E-state index contributed by atoms with van der Waals surface area (Å²) < 4.78 is 22.5. The van der Waals surface area contributed by atoms with Crippen LogP contribution >= 0.6 is 11.3 Å². The van der Waals surface area contributed by atoms with Gasteiger partial charge in [0.05, 0.1) is 0 Å². The van der Waals surface area contributed by atoms with E-state index in [4.69, 9.17) is 9.72 Å². The zero-order valence-electron chi connectivity index (χ0n) is 21.6. The molecule has 0 saturated carbocycles. The molecule has 0 unspecified atom stereocenters. The number of imidazole rings is 1. The Bertz CT molecular complexity index is 1690. The normalized spacial score (nSPS) is 13.6. The predicted molar refractivity (Wildman–Crippen MR) is 150 cm³/mol. The molecule has 1 saturated heterocycles. The molecule has 0 spiro atoms. The second-order valence-corrected chi connectivity index (χ2v) is 10.6. The van der Waals surface area contributed by atoms with E-state index in [1.54, 1.807) is 35.3 Å². The number of ether oxygens (including phenoxy) is 1. The van der Waals surface area contributed by atoms with Gasteiger partial charge in [0.2, 0.25) is 17.4 Å². The molecular weight excluding hydrogens is 531 g/mol. The zero-order chi connectivity index (χ0) is 27.5. The van der Waals surface area contributed by atoms with E-state index >= 15 is 0 Å². The summed E-state index contributed by atoms with van der Waals surface area (Å²) in [7, 11) is 0. The minimum absolute atomic E-state index is 0.0318. The number of benzene rings is 2. The molecule has 40 heavy (non-hydrogen) atoms. The molecule has 3 aromatic heterocycles. The van der Waals surface area contributed by atoms with Gasteiger partial charge in [0, 0.05) is 56.1 Å². The molecule has 5 aromatic rings. The van der Waals surface area contributed by atoms with Crippen molar-refractivity contribution in [3.8, 4) is 16.5 Å². The summed E-state index contributed by atoms with van der Waals surface area (Å²) in [5.74, 6) is 0.113. The summed E-state index contributed by atoms with van der Waals surface area (Å²) in [6.45, 7) is 3.06. The van der Waals surface area contributed by atoms with Crippen LogP contribution in [0.5, 0.6) is 5.75 Å². The Morgan fingerprint density at radius 3 is 2.58 bits per heavy atom. The third-order valence-corrected chi connectivity index (χ3v) is 7.76. The van der Waals surface area contributed by atoms with Crippen molar-refractivity contribution in [1.29, 1.82) is 0 Å². The van der Waals surface area contributed by atoms with Crippen LogP contribution < -0.4 is 15.6 Å². The van der Waals surface area contributed by atoms with Crippen LogP contribution in [0.25, 0.3) is 16.5 Å². The Hall–Kier alpha value is -4.35. The van der Waals surface area contributed by atoms with Crippen LogP contribution in [0.1, 0.15) is 16.0 Å². The van der Waals surface area contributed by atoms with Crippen LogP contribution in [0.3, 0.4) is 0 Å². The van der Waals surface area contributed by atoms with E-state index in [2.05, 4.69) is 10.3 Å². The summed E-state index contributed by atoms with van der Waals surface area (Å²) in [6.07, 6.45) is 5.60. The highest BCUT2D eigenvalue weighted by Gasteiger charge is 2.23. The van der Waals surface area contributed by atoms with Gasteiger partial charge in [-0.05, 0) is 23.3 Å². The zero-order valence-corrected chi connectivity index (χ0v) is 22.4. The largest absolute Gasteiger partial charge is 0.481 e. The topological polar surface area (TPSA) is 93.8 Å². The number of amides is 1. The Labute approximate surface area is 233 Å². The van der Waals surface area contributed by atoms with Gasteiger partial charge in [-0.2, -0.15) is 0 Å². The Morgan fingerprint density at radius 1 is 1.02 bits per heavy atom. The number of aromatic nitrogens is 4. The van der Waals surface area contributed by atoms with Crippen LogP contribution in [-0.2, 0) is 24.4 Å². The predicted octanol–water partition coefficient (Wildman–Crippen LogP) is 3.36. The molecule has 11 heteroatoms. The summed E-state index contributed by atoms with van der Waals surface area (Å²) in [4.78, 5) is 38.8. The molecular formula is C29H27FN6O3S. The number of piperazine rings is 1. The van der Waals surface area contributed by atoms with Crippen molar-refractivity contribution in [3.63, 3.8) is 0 Å². The Kier molecular flexibility index (Phi) is 7.39. The molecule has 0 atom stereocenters. The van der Waals surface area contributed by atoms with Crippen molar-refractivity contribution in [1.82, 2.24) is 29.2 Å². The fourth-order valence-electron chi connectivity index (χ4n) is 4.65. The van der Waals surface area contributed by atoms with Crippen molar-refractivity contribution in [2.45, 2.75) is 19.6 Å². The number of thiazole rings is 1. The highest BCUT2D eigenvalue weighted by molar-refractivity contribution is 7.15. The first-order chi connectivity index (χ1) is 19.5. The molecule has 1 aliphatic rings. The van der Waals surface area contributed by atoms with Gasteiger partial charge in [0.25, 0.3) is 0 Å². The van der Waals surface area contributed by atoms with Gasteiger partial charge < -0.3 is 19.5 Å². The lowest BCUT2D eigenvalue weighted by Crippen LogP contribution is -2.47. The summed E-state index contributed by atoms with van der Waals surface area (Å²) in [5.41, 5.74) is 1.81. The fourth-order valence-corrected chi connectivity index (χ4v) is 5.58. The third-order valence-electron chi connectivity index (χ3n) is 6.76. The molecule has 204 valence electrons. The number of carbonyl (C=O) groups excluding carboxylic acids is 1. The van der Waals surface area contributed by atoms with E-state index in [0.717, 1.165) is 29.1 Å². The molecule has 0 aliphatic carbocycles. The van der Waals surface area contributed by atoms with Crippen LogP contribution in [0.2, 0.25) is 0 Å². The summed E-state index contributed by atoms with van der Waals surface area (Å²) in [6, 6.07) is 15.9. The van der Waals surface area contributed by atoms with Gasteiger partial charge in [-0.1, -0.05) is 42.5 Å². The molecule has 1 aliphatic heterocycles. The maximum Gasteiger partial charge on any atom is 0.302 e. The maximum absolute atomic E-state index is 13.7. The smallest absolute Gasteiger partial charge is 0.302 e. The first-order valence-corrected chi connectivity index (χ1v) is 13.8. The van der Waals surface area contributed by atoms with Crippen molar-refractivity contribution in [2.75, 3.05) is 26.2 Å². The molecule has 9 nitrogen and oxygen atoms in total. The average molecular weight is 559 g/mol. The van der Waals surface area contributed by atoms with Crippen molar-refractivity contribution < 1.29 is 13.9 Å². The summed E-state index contributed by atoms with van der Waals surface area (Å²) in [5, 5.41) is 3.77. The maximum atomic E-state index is 13.7. The number of nitrogens with zero attached hydrogens (tertiary/aromatic N) is 5. The first-order valence-electron chi connectivity index (χ1n) is 13.0. The minimum Gasteiger partial charge on any atom is -0.481 e. The van der Waals surface area contributed by atoms with E-state index < -0.39 is 0 Å². The van der Waals surface area contributed by atoms with E-state index in [0.29, 0.717) is 36.0 Å². The van der Waals surface area contributed by atoms with Crippen LogP contribution in [0.15, 0.2) is 78.0 Å². The third kappa shape index (κ3) is 5.51. The molecule has 1 N–H and O–H groups in total. The van der Waals surface area contributed by atoms with E-state index in [-0.39, 0.29) is 36.2 Å². The average Bonchev–Trinajstić information content (AvgIpc) is 3.62. The molecule has 4 heterocycles. The molecule has 1 amide bonds. The second-order valence-electron chi connectivity index (χ2n) is 9.53. The van der Waals surface area contributed by atoms with Crippen molar-refractivity contribution in [3.05, 3.63) is 105 Å². The quantitative estimate of drug-likeness (QED) is 0.314. The van der Waals surface area contributed by atoms with Crippen LogP contribution in [0, 0.1) is 5.82 Å². The molecule has 0 bridgehead atoms. The van der Waals surface area contributed by atoms with Crippen molar-refractivity contribution in [2.24, 2.45) is 0 Å². The lowest BCUT2D eigenvalue weighted by molar-refractivity contribution is -0.132. The standard InChI is InChI=1S/C29H27FN6O3S/c30-22-8-6-20(7-9-22)16-23-17-32-27(40-23)25-26(39-19-21-4-2-1-3-5-21)28(38)36-15-14-35(29(36)33-25)18-24(37)34-12-10-31-11-13-34/h1-9,14-15,17,31H,10-13,16,18-19H2. The number of nitrogens with one attached hydrogen (secondary N) is 1. The number of halogens is 1. The minimum atomic E-state index is -0.375. The van der Waals surface area contributed by atoms with Gasteiger partial charge >= 0.3 is 5.56 Å². The number of fused-ring (bicyclic) bond motifs is 1. The molecule has 1 fully saturated rings. The SMILES string of the molecule is O=C(Cn1ccn2c(=O)c(OCc3ccccc3)c(-c3ncc(Cc4ccc(F)cc4)s3)nc12)N1CCNCC1. The summed E-state index contributed by atoms with van der Waals surface area (Å²) >= 11 is 1.40. The van der Waals surface area contributed by atoms with Gasteiger partial charge in [-0.15, -0.1) is 11.3 Å². The van der Waals surface area contributed by atoms with Gasteiger partial charge in [-0.3, -0.25) is 9.59 Å². The van der Waals surface area contributed by atoms with Crippen LogP contribution in [0.4, 0.5) is 4.39 Å². The Morgan fingerprint density at radius 2 is 1.80 bits per heavy atom. The lowest BCUT2D eigenvalue weighted by atomic mass is 10.1. The number of rotatable bonds is 8. The molecule has 6 rings (SSSR count). The van der Waals surface area contributed by atoms with Gasteiger partial charge in [0.15, 0.2) is 5.69 Å². The number of hydrogen-bond acceptors (Lipinski definition) is 7. The number of hydrogen-bond donors (Lipinski definition) is 1. The lowest BCUT2D eigenvalue weighted by Gasteiger charge is -2.27. The van der Waals surface area contributed by atoms with E-state index in [1.165, 1.54) is 27.9 Å². The van der Waals surface area contributed by atoms with Crippen molar-refractivity contribution >= 4 is 23.0 Å². The Balaban J connectivity index is 1.36. The highest BCUT2D eigenvalue weighted by Crippen LogP contribution is 2.31. The van der Waals surface area contributed by atoms with E-state index in [1.807, 2.05) is 35.2 Å². The highest BCUT2D eigenvalue weighted by atomic mass is 32.1. The van der Waals surface area contributed by atoms with Gasteiger partial charge in [0.1, 0.15) is 24.0 Å². The fraction of sp³-hybridized carbons (Fsp3) is 0.241. The molecule has 0 radical (unpaired) electrons. The number of carbonyl (C=O) groups is 1. The van der Waals surface area contributed by atoms with Gasteiger partial charge in [-0.25, -0.2) is 18.8 Å². The van der Waals surface area contributed by atoms with E-state index in [9.17, 15) is 14.0 Å². The second kappa shape index (κ2) is 11.4. The van der Waals surface area contributed by atoms with Crippen LogP contribution in [-0.4, -0.2) is 55.9 Å². The first kappa shape index (κ1) is 25.9.